The van der Waals surface area contributed by atoms with Gasteiger partial charge >= 0.3 is 0 Å². The average Bonchev–Trinajstić information content (AvgIpc) is 2.85. The Morgan fingerprint density at radius 2 is 2.09 bits per heavy atom. The lowest BCUT2D eigenvalue weighted by Gasteiger charge is -2.45. The Balaban J connectivity index is 1.34. The van der Waals surface area contributed by atoms with E-state index in [-0.39, 0.29) is 17.6 Å². The standard InChI is InChI=1S/C25H34FN5O3/c1-3-18(16-28-27)17-30-10-6-19(7-11-30)24(32)31-12-8-25(9-13-31)15-22(29-33-2)21-14-20(26)4-5-23(21)34-25/h3-5,14,16,19,28H,1,6-13,15,17,27H2,2H3/b18-16+,29-22+. The molecule has 0 bridgehead atoms. The first-order chi connectivity index (χ1) is 16.5. The maximum Gasteiger partial charge on any atom is 0.225 e. The Morgan fingerprint density at radius 1 is 1.35 bits per heavy atom. The number of amides is 1. The quantitative estimate of drug-likeness (QED) is 0.376. The second kappa shape index (κ2) is 10.6. The van der Waals surface area contributed by atoms with Gasteiger partial charge in [-0.3, -0.25) is 15.5 Å². The molecule has 0 atom stereocenters. The van der Waals surface area contributed by atoms with E-state index in [0.29, 0.717) is 49.4 Å². The number of carbonyl (C=O) groups is 1. The number of oxime groups is 1. The van der Waals surface area contributed by atoms with E-state index in [2.05, 4.69) is 22.1 Å². The Hall–Kier alpha value is -2.91. The zero-order valence-electron chi connectivity index (χ0n) is 19.8. The molecule has 1 spiro atoms. The summed E-state index contributed by atoms with van der Waals surface area (Å²) in [7, 11) is 1.49. The number of benzene rings is 1. The normalized spacial score (nSPS) is 22.3. The van der Waals surface area contributed by atoms with E-state index in [4.69, 9.17) is 15.4 Å². The van der Waals surface area contributed by atoms with E-state index < -0.39 is 5.60 Å². The van der Waals surface area contributed by atoms with Gasteiger partial charge in [-0.1, -0.05) is 17.8 Å². The number of ether oxygens (including phenoxy) is 1. The molecule has 1 aromatic carbocycles. The van der Waals surface area contributed by atoms with Gasteiger partial charge in [-0.25, -0.2) is 4.39 Å². The summed E-state index contributed by atoms with van der Waals surface area (Å²) < 4.78 is 20.2. The summed E-state index contributed by atoms with van der Waals surface area (Å²) >= 11 is 0. The Labute approximate surface area is 200 Å². The zero-order chi connectivity index (χ0) is 24.1. The van der Waals surface area contributed by atoms with Gasteiger partial charge in [0.05, 0.1) is 5.71 Å². The van der Waals surface area contributed by atoms with Gasteiger partial charge in [0.1, 0.15) is 24.3 Å². The van der Waals surface area contributed by atoms with Gasteiger partial charge in [0, 0.05) is 56.6 Å². The zero-order valence-corrected chi connectivity index (χ0v) is 19.8. The monoisotopic (exact) mass is 471 g/mol. The van der Waals surface area contributed by atoms with Crippen LogP contribution >= 0.6 is 0 Å². The number of piperidine rings is 2. The fraction of sp³-hybridized carbons (Fsp3) is 0.520. The molecule has 3 aliphatic rings. The van der Waals surface area contributed by atoms with Crippen molar-refractivity contribution in [3.63, 3.8) is 0 Å². The molecule has 184 valence electrons. The van der Waals surface area contributed by atoms with Crippen molar-refractivity contribution in [2.45, 2.75) is 37.7 Å². The van der Waals surface area contributed by atoms with Crippen LogP contribution in [0.5, 0.6) is 5.75 Å². The predicted molar refractivity (Wildman–Crippen MR) is 129 cm³/mol. The molecule has 3 N–H and O–H groups in total. The Morgan fingerprint density at radius 3 is 2.74 bits per heavy atom. The van der Waals surface area contributed by atoms with E-state index in [1.54, 1.807) is 18.3 Å². The number of hydrazine groups is 1. The number of hydrogen-bond acceptors (Lipinski definition) is 7. The van der Waals surface area contributed by atoms with Crippen LogP contribution in [0.2, 0.25) is 0 Å². The third kappa shape index (κ3) is 5.26. The third-order valence-electron chi connectivity index (χ3n) is 7.13. The highest BCUT2D eigenvalue weighted by Gasteiger charge is 2.44. The minimum Gasteiger partial charge on any atom is -0.486 e. The highest BCUT2D eigenvalue weighted by atomic mass is 19.1. The van der Waals surface area contributed by atoms with Crippen LogP contribution in [0.3, 0.4) is 0 Å². The molecule has 1 aromatic rings. The topological polar surface area (TPSA) is 92.4 Å². The molecule has 4 rings (SSSR count). The number of rotatable bonds is 6. The van der Waals surface area contributed by atoms with Gasteiger partial charge in [0.2, 0.25) is 5.91 Å². The van der Waals surface area contributed by atoms with E-state index in [1.165, 1.54) is 19.2 Å². The summed E-state index contributed by atoms with van der Waals surface area (Å²) in [6.45, 7) is 7.62. The average molecular weight is 472 g/mol. The molecule has 3 heterocycles. The van der Waals surface area contributed by atoms with E-state index in [9.17, 15) is 9.18 Å². The lowest BCUT2D eigenvalue weighted by atomic mass is 9.81. The van der Waals surface area contributed by atoms with Crippen molar-refractivity contribution in [1.82, 2.24) is 15.2 Å². The predicted octanol–water partition coefficient (Wildman–Crippen LogP) is 2.57. The molecule has 0 aromatic heterocycles. The van der Waals surface area contributed by atoms with Crippen LogP contribution in [0.4, 0.5) is 4.39 Å². The molecule has 9 heteroatoms. The number of fused-ring (bicyclic) bond motifs is 1. The van der Waals surface area contributed by atoms with Gasteiger partial charge in [0.15, 0.2) is 0 Å². The van der Waals surface area contributed by atoms with Gasteiger partial charge in [-0.15, -0.1) is 0 Å². The van der Waals surface area contributed by atoms with Gasteiger partial charge in [-0.2, -0.15) is 0 Å². The highest BCUT2D eigenvalue weighted by Crippen LogP contribution is 2.40. The molecular weight excluding hydrogens is 437 g/mol. The molecule has 3 aliphatic heterocycles. The number of nitrogens with two attached hydrogens (primary N) is 1. The SMILES string of the molecule is C=C/C(=C\NN)CN1CCC(C(=O)N2CCC3(CC2)C/C(=N\OC)c2cc(F)ccc2O3)CC1. The van der Waals surface area contributed by atoms with Crippen LogP contribution in [-0.2, 0) is 9.63 Å². The van der Waals surface area contributed by atoms with Crippen LogP contribution in [0.25, 0.3) is 0 Å². The first-order valence-corrected chi connectivity index (χ1v) is 11.8. The fourth-order valence-electron chi connectivity index (χ4n) is 5.22. The van der Waals surface area contributed by atoms with Crippen molar-refractivity contribution in [2.75, 3.05) is 39.8 Å². The lowest BCUT2D eigenvalue weighted by molar-refractivity contribution is -0.140. The second-order valence-corrected chi connectivity index (χ2v) is 9.29. The largest absolute Gasteiger partial charge is 0.486 e. The van der Waals surface area contributed by atoms with Crippen molar-refractivity contribution in [2.24, 2.45) is 16.9 Å². The second-order valence-electron chi connectivity index (χ2n) is 9.29. The molecule has 0 saturated carbocycles. The van der Waals surface area contributed by atoms with Gasteiger partial charge in [0.25, 0.3) is 0 Å². The van der Waals surface area contributed by atoms with Crippen molar-refractivity contribution in [1.29, 1.82) is 0 Å². The first kappa shape index (κ1) is 24.2. The lowest BCUT2D eigenvalue weighted by Crippen LogP contribution is -2.54. The summed E-state index contributed by atoms with van der Waals surface area (Å²) in [5.74, 6) is 5.95. The number of carbonyl (C=O) groups excluding carboxylic acids is 1. The maximum absolute atomic E-state index is 13.8. The Kier molecular flexibility index (Phi) is 7.53. The van der Waals surface area contributed by atoms with Gasteiger partial charge in [-0.05, 0) is 49.7 Å². The van der Waals surface area contributed by atoms with Crippen LogP contribution in [0.1, 0.15) is 37.7 Å². The van der Waals surface area contributed by atoms with E-state index in [1.807, 2.05) is 4.90 Å². The van der Waals surface area contributed by atoms with Crippen molar-refractivity contribution < 1.29 is 18.8 Å². The fourth-order valence-corrected chi connectivity index (χ4v) is 5.22. The molecule has 0 aliphatic carbocycles. The van der Waals surface area contributed by atoms with Gasteiger partial charge < -0.3 is 19.9 Å². The van der Waals surface area contributed by atoms with Crippen LogP contribution < -0.4 is 16.0 Å². The number of halogens is 1. The summed E-state index contributed by atoms with van der Waals surface area (Å²) in [5.41, 5.74) is 4.46. The first-order valence-electron chi connectivity index (χ1n) is 11.8. The molecule has 1 amide bonds. The molecule has 0 unspecified atom stereocenters. The van der Waals surface area contributed by atoms with E-state index in [0.717, 1.165) is 38.0 Å². The van der Waals surface area contributed by atoms with E-state index >= 15 is 0 Å². The maximum atomic E-state index is 13.8. The minimum absolute atomic E-state index is 0.0516. The Bertz CT molecular complexity index is 963. The molecule has 8 nitrogen and oxygen atoms in total. The van der Waals surface area contributed by atoms with Crippen LogP contribution in [-0.4, -0.2) is 66.9 Å². The summed E-state index contributed by atoms with van der Waals surface area (Å²) in [5, 5.41) is 4.15. The highest BCUT2D eigenvalue weighted by molar-refractivity contribution is 6.04. The molecule has 34 heavy (non-hydrogen) atoms. The smallest absolute Gasteiger partial charge is 0.225 e. The van der Waals surface area contributed by atoms with Crippen molar-refractivity contribution in [3.05, 3.63) is 54.0 Å². The summed E-state index contributed by atoms with van der Waals surface area (Å²) in [4.78, 5) is 22.6. The number of nitrogens with zero attached hydrogens (tertiary/aromatic N) is 3. The summed E-state index contributed by atoms with van der Waals surface area (Å²) in [6, 6.07) is 4.48. The molecule has 0 radical (unpaired) electrons. The van der Waals surface area contributed by atoms with Crippen LogP contribution in [0, 0.1) is 11.7 Å². The molecule has 2 fully saturated rings. The van der Waals surface area contributed by atoms with Crippen molar-refractivity contribution in [3.8, 4) is 5.75 Å². The van der Waals surface area contributed by atoms with Crippen LogP contribution in [0.15, 0.2) is 47.8 Å². The minimum atomic E-state index is -0.452. The third-order valence-corrected chi connectivity index (χ3v) is 7.13. The number of hydrogen-bond donors (Lipinski definition) is 2. The number of nitrogens with one attached hydrogen (secondary N) is 1. The molecular formula is C25H34FN5O3. The number of likely N-dealkylation sites (tertiary alicyclic amines) is 2. The summed E-state index contributed by atoms with van der Waals surface area (Å²) in [6.07, 6.45) is 7.19. The molecule has 2 saturated heterocycles. The van der Waals surface area contributed by atoms with Crippen molar-refractivity contribution >= 4 is 11.6 Å².